The third-order valence-electron chi connectivity index (χ3n) is 9.37. The lowest BCUT2D eigenvalue weighted by atomic mass is 9.78. The predicted octanol–water partition coefficient (Wildman–Crippen LogP) is 7.88. The minimum atomic E-state index is -4.91. The summed E-state index contributed by atoms with van der Waals surface area (Å²) in [6, 6.07) is 6.03. The number of rotatable bonds is 9. The number of carbonyl (C=O) groups excluding carboxylic acids is 3. The highest BCUT2D eigenvalue weighted by Crippen LogP contribution is 2.44. The SMILES string of the molecule is CCC[C@H]1N(C(=O)c2ncccc2C(F)(F)F)CCC[C@]1(Oc1csc(C(F)(F)F)c1)C(=O)N1Cc2ccc(Cl)cc2C[C@@H]1CCC(=O)N(C)C. The molecule has 2 aliphatic heterocycles. The summed E-state index contributed by atoms with van der Waals surface area (Å²) < 4.78 is 89.8. The van der Waals surface area contributed by atoms with Crippen LogP contribution < -0.4 is 4.74 Å². The van der Waals surface area contributed by atoms with Crippen LogP contribution >= 0.6 is 22.9 Å². The van der Waals surface area contributed by atoms with Crippen LogP contribution in [-0.4, -0.2) is 75.7 Å². The smallest absolute Gasteiger partial charge is 0.425 e. The maximum Gasteiger partial charge on any atom is 0.425 e. The van der Waals surface area contributed by atoms with Crippen LogP contribution in [0.5, 0.6) is 5.75 Å². The van der Waals surface area contributed by atoms with Gasteiger partial charge >= 0.3 is 12.4 Å². The van der Waals surface area contributed by atoms with Crippen LogP contribution in [0.15, 0.2) is 48.0 Å². The maximum absolute atomic E-state index is 15.3. The van der Waals surface area contributed by atoms with E-state index in [1.54, 1.807) is 39.2 Å². The average molecular weight is 759 g/mol. The van der Waals surface area contributed by atoms with E-state index in [4.69, 9.17) is 16.3 Å². The van der Waals surface area contributed by atoms with Gasteiger partial charge in [0.2, 0.25) is 11.5 Å². The van der Waals surface area contributed by atoms with Crippen molar-refractivity contribution in [2.75, 3.05) is 20.6 Å². The summed E-state index contributed by atoms with van der Waals surface area (Å²) in [4.78, 5) is 49.0. The zero-order valence-corrected chi connectivity index (χ0v) is 29.7. The van der Waals surface area contributed by atoms with E-state index in [9.17, 15) is 35.9 Å². The fraction of sp³-hybridized carbons (Fsp3) is 0.486. The molecule has 0 radical (unpaired) electrons. The molecule has 0 saturated carbocycles. The van der Waals surface area contributed by atoms with Gasteiger partial charge in [-0.25, -0.2) is 0 Å². The molecular weight excluding hydrogens is 722 g/mol. The first-order chi connectivity index (χ1) is 24.0. The summed E-state index contributed by atoms with van der Waals surface area (Å²) in [5.74, 6) is -2.15. The van der Waals surface area contributed by atoms with Crippen LogP contribution in [0.1, 0.15) is 77.5 Å². The molecule has 1 aromatic carbocycles. The Hall–Kier alpha value is -3.85. The number of piperidine rings is 1. The first-order valence-electron chi connectivity index (χ1n) is 16.4. The summed E-state index contributed by atoms with van der Waals surface area (Å²) >= 11 is 6.67. The Bertz CT molecular complexity index is 1770. The van der Waals surface area contributed by atoms with Gasteiger partial charge < -0.3 is 19.4 Å². The molecule has 3 aromatic rings. The quantitative estimate of drug-likeness (QED) is 0.208. The Kier molecular flexibility index (Phi) is 11.3. The number of hydrogen-bond donors (Lipinski definition) is 0. The highest BCUT2D eigenvalue weighted by Gasteiger charge is 2.57. The van der Waals surface area contributed by atoms with Gasteiger partial charge in [-0.3, -0.25) is 19.4 Å². The molecule has 0 aliphatic carbocycles. The van der Waals surface area contributed by atoms with E-state index in [2.05, 4.69) is 4.98 Å². The molecule has 3 amide bonds. The lowest BCUT2D eigenvalue weighted by molar-refractivity contribution is -0.163. The lowest BCUT2D eigenvalue weighted by Crippen LogP contribution is -2.69. The molecule has 2 aliphatic rings. The third-order valence-corrected chi connectivity index (χ3v) is 10.6. The van der Waals surface area contributed by atoms with Gasteiger partial charge in [-0.1, -0.05) is 31.0 Å². The molecule has 16 heteroatoms. The number of benzene rings is 1. The van der Waals surface area contributed by atoms with E-state index >= 15 is 4.79 Å². The van der Waals surface area contributed by atoms with Crippen molar-refractivity contribution in [1.29, 1.82) is 0 Å². The number of nitrogens with zero attached hydrogens (tertiary/aromatic N) is 4. The first-order valence-corrected chi connectivity index (χ1v) is 17.7. The standard InChI is InChI=1S/C35H37ClF6N4O4S/c1-4-7-27-33(50-25-18-28(51-20-25)35(40,41)42,13-6-15-45(27)31(48)30-26(34(37,38)39)8-5-14-43-30)32(49)46-19-21-9-10-23(36)16-22(21)17-24(46)11-12-29(47)44(2)3/h5,8-10,14,16,18,20,24,27H,4,6-7,11-13,15,17,19H2,1-3H3/t24-,27+,33+/m0/s1. The Morgan fingerprint density at radius 3 is 2.43 bits per heavy atom. The van der Waals surface area contributed by atoms with Gasteiger partial charge in [0.1, 0.15) is 16.3 Å². The molecule has 3 atom stereocenters. The van der Waals surface area contributed by atoms with Crippen molar-refractivity contribution < 1.29 is 45.5 Å². The van der Waals surface area contributed by atoms with Crippen molar-refractivity contribution in [3.8, 4) is 5.75 Å². The van der Waals surface area contributed by atoms with Crippen molar-refractivity contribution in [2.24, 2.45) is 0 Å². The van der Waals surface area contributed by atoms with E-state index in [0.29, 0.717) is 29.2 Å². The van der Waals surface area contributed by atoms with Gasteiger partial charge in [0.25, 0.3) is 11.8 Å². The maximum atomic E-state index is 15.3. The van der Waals surface area contributed by atoms with E-state index in [-0.39, 0.29) is 56.9 Å². The van der Waals surface area contributed by atoms with Crippen molar-refractivity contribution in [2.45, 2.75) is 88.5 Å². The molecule has 0 bridgehead atoms. The monoisotopic (exact) mass is 758 g/mol. The number of fused-ring (bicyclic) bond motifs is 1. The molecular formula is C35H37ClF6N4O4S. The normalized spacial score (nSPS) is 20.9. The van der Waals surface area contributed by atoms with E-state index in [1.165, 1.54) is 9.80 Å². The van der Waals surface area contributed by atoms with Gasteiger partial charge in [-0.15, -0.1) is 11.3 Å². The minimum Gasteiger partial charge on any atom is -0.474 e. The molecule has 0 unspecified atom stereocenters. The summed E-state index contributed by atoms with van der Waals surface area (Å²) in [7, 11) is 3.21. The van der Waals surface area contributed by atoms with Gasteiger partial charge in [-0.05, 0) is 61.1 Å². The summed E-state index contributed by atoms with van der Waals surface area (Å²) in [5, 5.41) is 1.61. The van der Waals surface area contributed by atoms with Crippen LogP contribution in [0, 0.1) is 0 Å². The molecule has 1 fully saturated rings. The molecule has 2 aromatic heterocycles. The van der Waals surface area contributed by atoms with Gasteiger partial charge in [0, 0.05) is 68.7 Å². The van der Waals surface area contributed by atoms with Crippen molar-refractivity contribution in [3.05, 3.63) is 80.3 Å². The predicted molar refractivity (Wildman–Crippen MR) is 178 cm³/mol. The van der Waals surface area contributed by atoms with Crippen molar-refractivity contribution in [3.63, 3.8) is 0 Å². The number of aromatic nitrogens is 1. The van der Waals surface area contributed by atoms with Crippen molar-refractivity contribution in [1.82, 2.24) is 19.7 Å². The molecule has 0 spiro atoms. The lowest BCUT2D eigenvalue weighted by Gasteiger charge is -2.51. The number of amides is 3. The summed E-state index contributed by atoms with van der Waals surface area (Å²) in [5.41, 5.74) is -2.50. The number of pyridine rings is 1. The van der Waals surface area contributed by atoms with Gasteiger partial charge in [0.15, 0.2) is 0 Å². The topological polar surface area (TPSA) is 83.0 Å². The molecule has 51 heavy (non-hydrogen) atoms. The third kappa shape index (κ3) is 8.14. The number of halogens is 7. The summed E-state index contributed by atoms with van der Waals surface area (Å²) in [6.45, 7) is 1.76. The second kappa shape index (κ2) is 15.0. The Morgan fingerprint density at radius 2 is 1.78 bits per heavy atom. The van der Waals surface area contributed by atoms with Crippen LogP contribution in [0.25, 0.3) is 0 Å². The number of alkyl halides is 6. The van der Waals surface area contributed by atoms with Crippen molar-refractivity contribution >= 4 is 40.7 Å². The molecule has 5 rings (SSSR count). The number of ether oxygens (including phenoxy) is 1. The van der Waals surface area contributed by atoms with Crippen LogP contribution in [-0.2, 0) is 34.9 Å². The first kappa shape index (κ1) is 38.4. The highest BCUT2D eigenvalue weighted by molar-refractivity contribution is 7.10. The zero-order valence-electron chi connectivity index (χ0n) is 28.1. The van der Waals surface area contributed by atoms with Gasteiger partial charge in [0.05, 0.1) is 11.6 Å². The summed E-state index contributed by atoms with van der Waals surface area (Å²) in [6.07, 6.45) is -7.47. The second-order valence-electron chi connectivity index (χ2n) is 13.0. The largest absolute Gasteiger partial charge is 0.474 e. The van der Waals surface area contributed by atoms with E-state index in [0.717, 1.165) is 45.8 Å². The molecule has 0 N–H and O–H groups in total. The number of carbonyl (C=O) groups is 3. The number of thiophene rings is 1. The Labute approximate surface area is 300 Å². The molecule has 276 valence electrons. The number of hydrogen-bond acceptors (Lipinski definition) is 6. The average Bonchev–Trinajstić information content (AvgIpc) is 3.55. The van der Waals surface area contributed by atoms with E-state index < -0.39 is 58.0 Å². The minimum absolute atomic E-state index is 0.0416. The Balaban J connectivity index is 1.64. The fourth-order valence-corrected chi connectivity index (χ4v) is 7.82. The van der Waals surface area contributed by atoms with Crippen LogP contribution in [0.2, 0.25) is 5.02 Å². The highest BCUT2D eigenvalue weighted by atomic mass is 35.5. The van der Waals surface area contributed by atoms with Crippen LogP contribution in [0.3, 0.4) is 0 Å². The molecule has 4 heterocycles. The van der Waals surface area contributed by atoms with Gasteiger partial charge in [-0.2, -0.15) is 26.3 Å². The van der Waals surface area contributed by atoms with E-state index in [1.807, 2.05) is 0 Å². The fourth-order valence-electron chi connectivity index (χ4n) is 6.94. The molecule has 1 saturated heterocycles. The second-order valence-corrected chi connectivity index (χ2v) is 14.3. The van der Waals surface area contributed by atoms with Crippen LogP contribution in [0.4, 0.5) is 26.3 Å². The number of likely N-dealkylation sites (tertiary alicyclic amines) is 1. The Morgan fingerprint density at radius 1 is 1.04 bits per heavy atom. The zero-order chi connectivity index (χ0) is 37.3. The molecule has 8 nitrogen and oxygen atoms in total.